The minimum atomic E-state index is -0.877. The van der Waals surface area contributed by atoms with Gasteiger partial charge in [0.25, 0.3) is 0 Å². The zero-order chi connectivity index (χ0) is 13.4. The van der Waals surface area contributed by atoms with E-state index in [1.807, 2.05) is 6.92 Å². The smallest absolute Gasteiger partial charge is 0.305 e. The standard InChI is InChI=1S/C13H23NO4/c1-2-10(9-13(16)17)14-12(15)7-6-11-5-3-4-8-18-11/h10-11H,2-9H2,1H3,(H,14,15)(H,16,17). The molecule has 5 heteroatoms. The zero-order valence-corrected chi connectivity index (χ0v) is 11.0. The Morgan fingerprint density at radius 3 is 2.78 bits per heavy atom. The van der Waals surface area contributed by atoms with Crippen molar-refractivity contribution in [2.24, 2.45) is 0 Å². The molecule has 1 amide bonds. The average Bonchev–Trinajstić information content (AvgIpc) is 2.36. The van der Waals surface area contributed by atoms with Gasteiger partial charge in [0.1, 0.15) is 0 Å². The number of carbonyl (C=O) groups excluding carboxylic acids is 1. The van der Waals surface area contributed by atoms with E-state index in [1.54, 1.807) is 0 Å². The number of hydrogen-bond acceptors (Lipinski definition) is 3. The Balaban J connectivity index is 2.20. The molecule has 104 valence electrons. The van der Waals surface area contributed by atoms with Crippen LogP contribution in [0.5, 0.6) is 0 Å². The first-order chi connectivity index (χ1) is 8.61. The number of carbonyl (C=O) groups is 2. The van der Waals surface area contributed by atoms with Gasteiger partial charge in [-0.25, -0.2) is 0 Å². The minimum absolute atomic E-state index is 0.0117. The van der Waals surface area contributed by atoms with E-state index in [0.29, 0.717) is 12.8 Å². The lowest BCUT2D eigenvalue weighted by Gasteiger charge is -2.22. The highest BCUT2D eigenvalue weighted by atomic mass is 16.5. The maximum atomic E-state index is 11.7. The molecule has 0 radical (unpaired) electrons. The predicted molar refractivity (Wildman–Crippen MR) is 67.3 cm³/mol. The maximum absolute atomic E-state index is 11.7. The summed E-state index contributed by atoms with van der Waals surface area (Å²) in [5.74, 6) is -0.949. The highest BCUT2D eigenvalue weighted by molar-refractivity contribution is 5.77. The molecule has 1 aliphatic heterocycles. The van der Waals surface area contributed by atoms with Crippen molar-refractivity contribution in [3.05, 3.63) is 0 Å². The Labute approximate surface area is 108 Å². The van der Waals surface area contributed by atoms with E-state index in [1.165, 1.54) is 6.42 Å². The number of aliphatic carboxylic acids is 1. The van der Waals surface area contributed by atoms with Crippen LogP contribution in [0.3, 0.4) is 0 Å². The summed E-state index contributed by atoms with van der Waals surface area (Å²) >= 11 is 0. The second kappa shape index (κ2) is 8.08. The molecule has 0 aromatic carbocycles. The van der Waals surface area contributed by atoms with Gasteiger partial charge in [0, 0.05) is 19.1 Å². The number of carboxylic acid groups (broad SMARTS) is 1. The van der Waals surface area contributed by atoms with E-state index in [9.17, 15) is 9.59 Å². The molecule has 0 aliphatic carbocycles. The first-order valence-electron chi connectivity index (χ1n) is 6.74. The van der Waals surface area contributed by atoms with E-state index in [4.69, 9.17) is 9.84 Å². The number of rotatable bonds is 7. The molecule has 2 atom stereocenters. The largest absolute Gasteiger partial charge is 0.481 e. The monoisotopic (exact) mass is 257 g/mol. The third-order valence-electron chi connectivity index (χ3n) is 3.25. The van der Waals surface area contributed by atoms with Gasteiger partial charge in [-0.1, -0.05) is 6.92 Å². The molecule has 0 aromatic heterocycles. The van der Waals surface area contributed by atoms with Crippen LogP contribution >= 0.6 is 0 Å². The van der Waals surface area contributed by atoms with Crippen LogP contribution < -0.4 is 5.32 Å². The van der Waals surface area contributed by atoms with Gasteiger partial charge in [0.15, 0.2) is 0 Å². The Bertz CT molecular complexity index is 274. The topological polar surface area (TPSA) is 75.6 Å². The molecule has 1 aliphatic rings. The summed E-state index contributed by atoms with van der Waals surface area (Å²) < 4.78 is 5.55. The van der Waals surface area contributed by atoms with Crippen molar-refractivity contribution in [1.82, 2.24) is 5.32 Å². The van der Waals surface area contributed by atoms with Crippen molar-refractivity contribution in [3.8, 4) is 0 Å². The Morgan fingerprint density at radius 1 is 1.44 bits per heavy atom. The first kappa shape index (κ1) is 15.0. The SMILES string of the molecule is CCC(CC(=O)O)NC(=O)CCC1CCCCO1. The molecule has 1 fully saturated rings. The van der Waals surface area contributed by atoms with Gasteiger partial charge in [-0.2, -0.15) is 0 Å². The van der Waals surface area contributed by atoms with Crippen LogP contribution in [0, 0.1) is 0 Å². The molecule has 0 aromatic rings. The summed E-state index contributed by atoms with van der Waals surface area (Å²) in [6.07, 6.45) is 5.28. The van der Waals surface area contributed by atoms with Crippen molar-refractivity contribution in [1.29, 1.82) is 0 Å². The van der Waals surface area contributed by atoms with Gasteiger partial charge in [-0.3, -0.25) is 9.59 Å². The molecule has 1 rings (SSSR count). The van der Waals surface area contributed by atoms with E-state index in [2.05, 4.69) is 5.32 Å². The van der Waals surface area contributed by atoms with Crippen molar-refractivity contribution in [3.63, 3.8) is 0 Å². The molecule has 0 bridgehead atoms. The quantitative estimate of drug-likeness (QED) is 0.728. The molecule has 0 saturated carbocycles. The fourth-order valence-corrected chi connectivity index (χ4v) is 2.14. The molecule has 5 nitrogen and oxygen atoms in total. The van der Waals surface area contributed by atoms with Crippen LogP contribution in [-0.2, 0) is 14.3 Å². The van der Waals surface area contributed by atoms with Crippen LogP contribution in [0.15, 0.2) is 0 Å². The van der Waals surface area contributed by atoms with Crippen molar-refractivity contribution < 1.29 is 19.4 Å². The third kappa shape index (κ3) is 6.00. The molecule has 2 N–H and O–H groups in total. The molecule has 18 heavy (non-hydrogen) atoms. The summed E-state index contributed by atoms with van der Waals surface area (Å²) in [6.45, 7) is 2.67. The van der Waals surface area contributed by atoms with Crippen LogP contribution in [0.2, 0.25) is 0 Å². The second-order valence-corrected chi connectivity index (χ2v) is 4.80. The second-order valence-electron chi connectivity index (χ2n) is 4.80. The van der Waals surface area contributed by atoms with E-state index < -0.39 is 5.97 Å². The summed E-state index contributed by atoms with van der Waals surface area (Å²) in [5, 5.41) is 11.5. The van der Waals surface area contributed by atoms with Crippen LogP contribution in [0.1, 0.15) is 51.9 Å². The molecule has 1 heterocycles. The average molecular weight is 257 g/mol. The summed E-state index contributed by atoms with van der Waals surface area (Å²) in [6, 6.07) is -0.262. The fourth-order valence-electron chi connectivity index (χ4n) is 2.14. The van der Waals surface area contributed by atoms with E-state index >= 15 is 0 Å². The van der Waals surface area contributed by atoms with Crippen molar-refractivity contribution in [2.75, 3.05) is 6.61 Å². The predicted octanol–water partition coefficient (Wildman–Crippen LogP) is 1.71. The number of hydrogen-bond donors (Lipinski definition) is 2. The Kier molecular flexibility index (Phi) is 6.72. The van der Waals surface area contributed by atoms with Gasteiger partial charge >= 0.3 is 5.97 Å². The lowest BCUT2D eigenvalue weighted by Crippen LogP contribution is -2.36. The molecule has 1 saturated heterocycles. The molecule has 0 spiro atoms. The fraction of sp³-hybridized carbons (Fsp3) is 0.846. The molecular formula is C13H23NO4. The normalized spacial score (nSPS) is 21.3. The van der Waals surface area contributed by atoms with Gasteiger partial charge in [-0.05, 0) is 32.1 Å². The maximum Gasteiger partial charge on any atom is 0.305 e. The summed E-state index contributed by atoms with van der Waals surface area (Å²) in [5.41, 5.74) is 0. The Morgan fingerprint density at radius 2 is 2.22 bits per heavy atom. The highest BCUT2D eigenvalue weighted by Gasteiger charge is 2.17. The van der Waals surface area contributed by atoms with E-state index in [-0.39, 0.29) is 24.5 Å². The summed E-state index contributed by atoms with van der Waals surface area (Å²) in [4.78, 5) is 22.3. The zero-order valence-electron chi connectivity index (χ0n) is 11.0. The third-order valence-corrected chi connectivity index (χ3v) is 3.25. The van der Waals surface area contributed by atoms with Gasteiger partial charge in [0.2, 0.25) is 5.91 Å². The first-order valence-corrected chi connectivity index (χ1v) is 6.74. The highest BCUT2D eigenvalue weighted by Crippen LogP contribution is 2.16. The van der Waals surface area contributed by atoms with Crippen LogP contribution in [-0.4, -0.2) is 35.7 Å². The van der Waals surface area contributed by atoms with Gasteiger partial charge < -0.3 is 15.2 Å². The van der Waals surface area contributed by atoms with Crippen LogP contribution in [0.4, 0.5) is 0 Å². The number of ether oxygens (including phenoxy) is 1. The van der Waals surface area contributed by atoms with Crippen LogP contribution in [0.25, 0.3) is 0 Å². The van der Waals surface area contributed by atoms with Crippen molar-refractivity contribution >= 4 is 11.9 Å². The number of carboxylic acids is 1. The lowest BCUT2D eigenvalue weighted by molar-refractivity contribution is -0.137. The molecule has 2 unspecified atom stereocenters. The lowest BCUT2D eigenvalue weighted by atomic mass is 10.0. The van der Waals surface area contributed by atoms with Crippen molar-refractivity contribution in [2.45, 2.75) is 64.0 Å². The minimum Gasteiger partial charge on any atom is -0.481 e. The number of amides is 1. The Hall–Kier alpha value is -1.10. The summed E-state index contributed by atoms with van der Waals surface area (Å²) in [7, 11) is 0. The van der Waals surface area contributed by atoms with Gasteiger partial charge in [0.05, 0.1) is 12.5 Å². The van der Waals surface area contributed by atoms with E-state index in [0.717, 1.165) is 25.9 Å². The molecular weight excluding hydrogens is 234 g/mol. The van der Waals surface area contributed by atoms with Gasteiger partial charge in [-0.15, -0.1) is 0 Å². The number of nitrogens with one attached hydrogen (secondary N) is 1.